The Balaban J connectivity index is 1.90. The third-order valence-corrected chi connectivity index (χ3v) is 6.72. The lowest BCUT2D eigenvalue weighted by Gasteiger charge is -2.42. The van der Waals surface area contributed by atoms with Gasteiger partial charge in [0.15, 0.2) is 0 Å². The number of sulfone groups is 1. The second kappa shape index (κ2) is 4.88. The largest absolute Gasteiger partial charge is 0.469 e. The molecular weight excluding hydrogens is 276 g/mol. The molecule has 0 aromatic carbocycles. The second-order valence-corrected chi connectivity index (χ2v) is 8.68. The van der Waals surface area contributed by atoms with Gasteiger partial charge < -0.3 is 9.52 Å². The fourth-order valence-electron chi connectivity index (χ4n) is 3.96. The summed E-state index contributed by atoms with van der Waals surface area (Å²) in [6.07, 6.45) is 8.49. The van der Waals surface area contributed by atoms with E-state index in [0.29, 0.717) is 12.8 Å². The highest BCUT2D eigenvalue weighted by Gasteiger charge is 2.45. The van der Waals surface area contributed by atoms with Crippen LogP contribution in [0.25, 0.3) is 0 Å². The van der Waals surface area contributed by atoms with Crippen molar-refractivity contribution >= 4 is 9.84 Å². The summed E-state index contributed by atoms with van der Waals surface area (Å²) in [5, 5.41) is 10.9. The molecule has 4 nitrogen and oxygen atoms in total. The summed E-state index contributed by atoms with van der Waals surface area (Å²) in [6, 6.07) is 1.86. The van der Waals surface area contributed by atoms with E-state index in [9.17, 15) is 13.5 Å². The van der Waals surface area contributed by atoms with E-state index in [2.05, 4.69) is 0 Å². The van der Waals surface area contributed by atoms with E-state index in [1.807, 2.05) is 6.07 Å². The smallest absolute Gasteiger partial charge is 0.150 e. The lowest BCUT2D eigenvalue weighted by atomic mass is 9.69. The van der Waals surface area contributed by atoms with Gasteiger partial charge in [-0.05, 0) is 44.1 Å². The van der Waals surface area contributed by atoms with E-state index < -0.39 is 15.4 Å². The molecule has 3 unspecified atom stereocenters. The Morgan fingerprint density at radius 3 is 2.90 bits per heavy atom. The minimum absolute atomic E-state index is 0.0209. The molecule has 1 heterocycles. The molecule has 1 saturated carbocycles. The predicted molar refractivity (Wildman–Crippen MR) is 76.1 cm³/mol. The molecule has 1 aromatic rings. The molecule has 1 fully saturated rings. The fourth-order valence-corrected chi connectivity index (χ4v) is 5.14. The number of rotatable bonds is 2. The van der Waals surface area contributed by atoms with Crippen molar-refractivity contribution in [3.8, 4) is 0 Å². The van der Waals surface area contributed by atoms with E-state index >= 15 is 0 Å². The fraction of sp³-hybridized carbons (Fsp3) is 0.733. The Bertz CT molecular complexity index is 589. The molecule has 0 spiro atoms. The highest BCUT2D eigenvalue weighted by atomic mass is 32.2. The van der Waals surface area contributed by atoms with E-state index in [1.165, 1.54) is 6.26 Å². The summed E-state index contributed by atoms with van der Waals surface area (Å²) in [4.78, 5) is 0. The Labute approximate surface area is 120 Å². The monoisotopic (exact) mass is 298 g/mol. The van der Waals surface area contributed by atoms with Crippen LogP contribution in [-0.4, -0.2) is 25.0 Å². The van der Waals surface area contributed by atoms with Crippen molar-refractivity contribution < 1.29 is 17.9 Å². The number of aryl methyl sites for hydroxylation is 1. The standard InChI is InChI=1S/C15H22O4S/c1-20(17,18)12-5-2-4-11(10-12)15(16)8-3-6-14-13(15)7-9-19-14/h7,9,11-12,16H,2-6,8,10H2,1H3. The van der Waals surface area contributed by atoms with Gasteiger partial charge >= 0.3 is 0 Å². The summed E-state index contributed by atoms with van der Waals surface area (Å²) < 4.78 is 29.1. The van der Waals surface area contributed by atoms with Crippen molar-refractivity contribution in [1.82, 2.24) is 0 Å². The SMILES string of the molecule is CS(=O)(=O)C1CCCC(C2(O)CCCc3occc32)C1. The van der Waals surface area contributed by atoms with Crippen LogP contribution in [0, 0.1) is 5.92 Å². The predicted octanol–water partition coefficient (Wildman–Crippen LogP) is 2.41. The molecule has 3 rings (SSSR count). The maximum Gasteiger partial charge on any atom is 0.150 e. The van der Waals surface area contributed by atoms with E-state index in [4.69, 9.17) is 4.42 Å². The summed E-state index contributed by atoms with van der Waals surface area (Å²) in [5.41, 5.74) is -0.00729. The van der Waals surface area contributed by atoms with Gasteiger partial charge in [0.2, 0.25) is 0 Å². The third-order valence-electron chi connectivity index (χ3n) is 5.08. The van der Waals surface area contributed by atoms with Gasteiger partial charge in [0.05, 0.1) is 17.1 Å². The first-order valence-corrected chi connectivity index (χ1v) is 9.35. The van der Waals surface area contributed by atoms with Crippen LogP contribution in [0.15, 0.2) is 16.7 Å². The van der Waals surface area contributed by atoms with E-state index in [-0.39, 0.29) is 11.2 Å². The Morgan fingerprint density at radius 2 is 2.15 bits per heavy atom. The van der Waals surface area contributed by atoms with Crippen LogP contribution in [0.2, 0.25) is 0 Å². The first kappa shape index (κ1) is 14.1. The second-order valence-electron chi connectivity index (χ2n) is 6.35. The molecule has 0 bridgehead atoms. The molecule has 0 saturated heterocycles. The Hall–Kier alpha value is -0.810. The van der Waals surface area contributed by atoms with Crippen molar-refractivity contribution in [2.24, 2.45) is 5.92 Å². The summed E-state index contributed by atoms with van der Waals surface area (Å²) in [7, 11) is -3.02. The number of aliphatic hydroxyl groups is 1. The zero-order valence-corrected chi connectivity index (χ0v) is 12.7. The van der Waals surface area contributed by atoms with Crippen LogP contribution < -0.4 is 0 Å². The first-order valence-electron chi connectivity index (χ1n) is 7.39. The van der Waals surface area contributed by atoms with Crippen LogP contribution in [0.3, 0.4) is 0 Å². The highest BCUT2D eigenvalue weighted by molar-refractivity contribution is 7.91. The van der Waals surface area contributed by atoms with Gasteiger partial charge in [-0.2, -0.15) is 0 Å². The van der Waals surface area contributed by atoms with Crippen molar-refractivity contribution in [3.05, 3.63) is 23.7 Å². The van der Waals surface area contributed by atoms with Crippen molar-refractivity contribution in [3.63, 3.8) is 0 Å². The zero-order chi connectivity index (χ0) is 14.4. The van der Waals surface area contributed by atoms with Crippen LogP contribution in [0.4, 0.5) is 0 Å². The van der Waals surface area contributed by atoms with Crippen molar-refractivity contribution in [2.45, 2.75) is 55.8 Å². The Kier molecular flexibility index (Phi) is 3.45. The van der Waals surface area contributed by atoms with E-state index in [1.54, 1.807) is 6.26 Å². The topological polar surface area (TPSA) is 67.5 Å². The molecule has 5 heteroatoms. The van der Waals surface area contributed by atoms with E-state index in [0.717, 1.165) is 43.4 Å². The first-order chi connectivity index (χ1) is 9.41. The van der Waals surface area contributed by atoms with Gasteiger partial charge in [0.25, 0.3) is 0 Å². The molecule has 1 N–H and O–H groups in total. The highest BCUT2D eigenvalue weighted by Crippen LogP contribution is 2.47. The summed E-state index contributed by atoms with van der Waals surface area (Å²) in [5.74, 6) is 0.896. The van der Waals surface area contributed by atoms with Gasteiger partial charge in [-0.15, -0.1) is 0 Å². The molecule has 112 valence electrons. The van der Waals surface area contributed by atoms with Gasteiger partial charge in [-0.1, -0.05) is 6.42 Å². The van der Waals surface area contributed by atoms with Crippen molar-refractivity contribution in [2.75, 3.05) is 6.26 Å². The van der Waals surface area contributed by atoms with Gasteiger partial charge in [-0.25, -0.2) is 8.42 Å². The van der Waals surface area contributed by atoms with Gasteiger partial charge in [0.1, 0.15) is 15.6 Å². The molecule has 0 amide bonds. The maximum absolute atomic E-state index is 11.8. The molecule has 1 aromatic heterocycles. The van der Waals surface area contributed by atoms with Crippen LogP contribution in [-0.2, 0) is 21.9 Å². The third kappa shape index (κ3) is 2.31. The van der Waals surface area contributed by atoms with Crippen LogP contribution in [0.5, 0.6) is 0 Å². The maximum atomic E-state index is 11.8. The van der Waals surface area contributed by atoms with Gasteiger partial charge in [0, 0.05) is 18.2 Å². The molecule has 0 aliphatic heterocycles. The summed E-state index contributed by atoms with van der Waals surface area (Å²) >= 11 is 0. The Morgan fingerprint density at radius 1 is 1.35 bits per heavy atom. The normalized spacial score (nSPS) is 34.7. The lowest BCUT2D eigenvalue weighted by molar-refractivity contribution is -0.0535. The number of hydrogen-bond acceptors (Lipinski definition) is 4. The quantitative estimate of drug-likeness (QED) is 0.910. The summed E-state index contributed by atoms with van der Waals surface area (Å²) in [6.45, 7) is 0. The van der Waals surface area contributed by atoms with Crippen LogP contribution in [0.1, 0.15) is 49.8 Å². The van der Waals surface area contributed by atoms with Crippen LogP contribution >= 0.6 is 0 Å². The zero-order valence-electron chi connectivity index (χ0n) is 11.8. The average molecular weight is 298 g/mol. The van der Waals surface area contributed by atoms with Gasteiger partial charge in [-0.3, -0.25) is 0 Å². The number of fused-ring (bicyclic) bond motifs is 1. The number of furan rings is 1. The molecule has 0 radical (unpaired) electrons. The molecule has 2 aliphatic rings. The van der Waals surface area contributed by atoms with Crippen molar-refractivity contribution in [1.29, 1.82) is 0 Å². The molecule has 2 aliphatic carbocycles. The minimum Gasteiger partial charge on any atom is -0.469 e. The lowest BCUT2D eigenvalue weighted by Crippen LogP contribution is -2.42. The molecule has 20 heavy (non-hydrogen) atoms. The molecular formula is C15H22O4S. The average Bonchev–Trinajstić information content (AvgIpc) is 2.88. The number of hydrogen-bond donors (Lipinski definition) is 1. The minimum atomic E-state index is -3.02. The molecule has 3 atom stereocenters.